The van der Waals surface area contributed by atoms with Crippen LogP contribution in [0, 0.1) is 0 Å². The summed E-state index contributed by atoms with van der Waals surface area (Å²) in [4.78, 5) is 31.8. The van der Waals surface area contributed by atoms with Gasteiger partial charge in [-0.2, -0.15) is 13.2 Å². The molecule has 12 heteroatoms. The van der Waals surface area contributed by atoms with Crippen LogP contribution in [0.1, 0.15) is 20.8 Å². The molecule has 0 unspecified atom stereocenters. The maximum absolute atomic E-state index is 11.6. The number of carbonyl (C=O) groups is 1. The van der Waals surface area contributed by atoms with Gasteiger partial charge in [-0.3, -0.25) is 4.79 Å². The zero-order valence-electron chi connectivity index (χ0n) is 14.0. The number of hydrogen-bond donors (Lipinski definition) is 2. The molecule has 24 heavy (non-hydrogen) atoms. The number of phosphoric acid groups is 1. The average Bonchev–Trinajstić information content (AvgIpc) is 2.46. The van der Waals surface area contributed by atoms with Gasteiger partial charge in [0.15, 0.2) is 0 Å². The highest BCUT2D eigenvalue weighted by Crippen LogP contribution is 2.23. The van der Waals surface area contributed by atoms with E-state index in [0.717, 1.165) is 0 Å². The van der Waals surface area contributed by atoms with E-state index < -0.39 is 33.1 Å². The van der Waals surface area contributed by atoms with Gasteiger partial charge < -0.3 is 33.8 Å². The lowest BCUT2D eigenvalue weighted by Crippen LogP contribution is -3.11. The van der Waals surface area contributed by atoms with Gasteiger partial charge >= 0.3 is 12.1 Å². The molecule has 0 rings (SSSR count). The first-order valence-electron chi connectivity index (χ1n) is 7.40. The Hall–Kier alpha value is -0.710. The first-order chi connectivity index (χ1) is 11.0. The average molecular weight is 381 g/mol. The second-order valence-electron chi connectivity index (χ2n) is 4.46. The summed E-state index contributed by atoms with van der Waals surface area (Å²) in [5.74, 6) is -2.10. The number of carbonyl (C=O) groups excluding carboxylic acids is 1. The summed E-state index contributed by atoms with van der Waals surface area (Å²) in [6.45, 7) is 8.99. The molecule has 0 radical (unpaired) electrons. The minimum absolute atomic E-state index is 0.271. The molecule has 1 amide bonds. The van der Waals surface area contributed by atoms with Gasteiger partial charge in [0.2, 0.25) is 0 Å². The Morgan fingerprint density at radius 1 is 1.08 bits per heavy atom. The predicted octanol–water partition coefficient (Wildman–Crippen LogP) is -1.54. The SMILES string of the molecule is CC[NH+](CC)CC.O=C(NCCOCCOP(=O)([O-])[O-])C(F)(F)F. The van der Waals surface area contributed by atoms with Gasteiger partial charge in [0.1, 0.15) is 0 Å². The molecule has 0 fully saturated rings. The van der Waals surface area contributed by atoms with E-state index in [0.29, 0.717) is 0 Å². The van der Waals surface area contributed by atoms with E-state index in [1.165, 1.54) is 25.0 Å². The lowest BCUT2D eigenvalue weighted by Gasteiger charge is -2.28. The number of ether oxygens (including phenoxy) is 1. The fraction of sp³-hybridized carbons (Fsp3) is 0.917. The number of hydrogen-bond acceptors (Lipinski definition) is 6. The van der Waals surface area contributed by atoms with Crippen molar-refractivity contribution in [2.45, 2.75) is 26.9 Å². The molecule has 0 aliphatic heterocycles. The molecule has 2 N–H and O–H groups in total. The molecule has 0 saturated carbocycles. The van der Waals surface area contributed by atoms with E-state index in [2.05, 4.69) is 30.0 Å². The first-order valence-corrected chi connectivity index (χ1v) is 8.86. The van der Waals surface area contributed by atoms with Crippen molar-refractivity contribution in [2.24, 2.45) is 0 Å². The Morgan fingerprint density at radius 3 is 1.92 bits per heavy atom. The van der Waals surface area contributed by atoms with Gasteiger partial charge in [-0.05, 0) is 20.8 Å². The van der Waals surface area contributed by atoms with Crippen molar-refractivity contribution in [1.82, 2.24) is 5.32 Å². The van der Waals surface area contributed by atoms with Crippen LogP contribution in [0.15, 0.2) is 0 Å². The molecule has 0 aromatic heterocycles. The number of phosphoric ester groups is 1. The molecule has 0 bridgehead atoms. The highest BCUT2D eigenvalue weighted by atomic mass is 31.2. The number of quaternary nitrogens is 1. The van der Waals surface area contributed by atoms with Gasteiger partial charge in [0, 0.05) is 6.54 Å². The fourth-order valence-electron chi connectivity index (χ4n) is 1.40. The maximum atomic E-state index is 11.6. The number of amides is 1. The summed E-state index contributed by atoms with van der Waals surface area (Å²) >= 11 is 0. The molecule has 146 valence electrons. The molecule has 0 aromatic rings. The molecule has 0 aliphatic rings. The standard InChI is InChI=1S/C6H11F3NO6P.C6H15N/c7-6(8,9)5(11)10-1-2-15-3-4-16-17(12,13)14;1-4-7(5-2)6-3/h1-4H2,(H,10,11)(H2,12,13,14);4-6H2,1-3H3/p-1. The van der Waals surface area contributed by atoms with Crippen molar-refractivity contribution < 1.29 is 46.5 Å². The third-order valence-electron chi connectivity index (χ3n) is 2.77. The van der Waals surface area contributed by atoms with Crippen LogP contribution in [0.4, 0.5) is 13.2 Å². The van der Waals surface area contributed by atoms with Crippen LogP contribution in [-0.2, 0) is 18.6 Å². The number of rotatable bonds is 10. The molecule has 0 heterocycles. The normalized spacial score (nSPS) is 11.9. The summed E-state index contributed by atoms with van der Waals surface area (Å²) < 4.78 is 53.2. The van der Waals surface area contributed by atoms with Gasteiger partial charge in [-0.15, -0.1) is 0 Å². The van der Waals surface area contributed by atoms with Crippen LogP contribution in [0.3, 0.4) is 0 Å². The quantitative estimate of drug-likeness (QED) is 0.350. The summed E-state index contributed by atoms with van der Waals surface area (Å²) in [7, 11) is -5.06. The van der Waals surface area contributed by atoms with Crippen LogP contribution in [-0.4, -0.2) is 58.1 Å². The second kappa shape index (κ2) is 13.6. The van der Waals surface area contributed by atoms with Crippen LogP contribution >= 0.6 is 7.82 Å². The Labute approximate surface area is 139 Å². The number of alkyl halides is 3. The van der Waals surface area contributed by atoms with E-state index in [1.54, 1.807) is 4.90 Å². The lowest BCUT2D eigenvalue weighted by molar-refractivity contribution is -0.894. The van der Waals surface area contributed by atoms with Gasteiger partial charge in [0.05, 0.1) is 47.3 Å². The van der Waals surface area contributed by atoms with Crippen LogP contribution in [0.2, 0.25) is 0 Å². The zero-order valence-corrected chi connectivity index (χ0v) is 14.9. The summed E-state index contributed by atoms with van der Waals surface area (Å²) in [5, 5.41) is 1.52. The van der Waals surface area contributed by atoms with E-state index in [-0.39, 0.29) is 13.2 Å². The van der Waals surface area contributed by atoms with Crippen molar-refractivity contribution in [3.63, 3.8) is 0 Å². The Balaban J connectivity index is 0. The number of nitrogens with one attached hydrogen (secondary N) is 2. The zero-order chi connectivity index (χ0) is 19.2. The second-order valence-corrected chi connectivity index (χ2v) is 5.61. The predicted molar refractivity (Wildman–Crippen MR) is 76.0 cm³/mol. The van der Waals surface area contributed by atoms with Crippen molar-refractivity contribution in [3.05, 3.63) is 0 Å². The minimum atomic E-state index is -5.06. The molecule has 8 nitrogen and oxygen atoms in total. The van der Waals surface area contributed by atoms with Gasteiger partial charge in [0.25, 0.3) is 0 Å². The molecule has 0 atom stereocenters. The van der Waals surface area contributed by atoms with E-state index in [1.807, 2.05) is 0 Å². The van der Waals surface area contributed by atoms with Gasteiger partial charge in [-0.1, -0.05) is 0 Å². The monoisotopic (exact) mass is 381 g/mol. The first kappa shape index (κ1) is 25.5. The molecule has 0 saturated heterocycles. The molecular formula is C12H25F3N2O6P-. The highest BCUT2D eigenvalue weighted by molar-refractivity contribution is 7.43. The summed E-state index contributed by atoms with van der Waals surface area (Å²) in [5.41, 5.74) is 0. The Bertz CT molecular complexity index is 369. The Morgan fingerprint density at radius 2 is 1.58 bits per heavy atom. The minimum Gasteiger partial charge on any atom is -0.790 e. The molecule has 0 aliphatic carbocycles. The highest BCUT2D eigenvalue weighted by Gasteiger charge is 2.38. The van der Waals surface area contributed by atoms with Crippen molar-refractivity contribution >= 4 is 13.7 Å². The van der Waals surface area contributed by atoms with E-state index >= 15 is 0 Å². The summed E-state index contributed by atoms with van der Waals surface area (Å²) in [6, 6.07) is 0. The smallest absolute Gasteiger partial charge is 0.471 e. The van der Waals surface area contributed by atoms with Gasteiger partial charge in [-0.25, -0.2) is 0 Å². The lowest BCUT2D eigenvalue weighted by atomic mass is 10.5. The van der Waals surface area contributed by atoms with E-state index in [9.17, 15) is 32.3 Å². The topological polar surface area (TPSA) is 115 Å². The third-order valence-corrected chi connectivity index (χ3v) is 3.27. The van der Waals surface area contributed by atoms with Crippen LogP contribution in [0.5, 0.6) is 0 Å². The molecule has 0 spiro atoms. The molecule has 0 aromatic carbocycles. The van der Waals surface area contributed by atoms with Crippen molar-refractivity contribution in [2.75, 3.05) is 46.0 Å². The van der Waals surface area contributed by atoms with Crippen LogP contribution in [0.25, 0.3) is 0 Å². The number of halogens is 3. The Kier molecular flexibility index (Phi) is 14.4. The third kappa shape index (κ3) is 17.6. The maximum Gasteiger partial charge on any atom is 0.471 e. The van der Waals surface area contributed by atoms with Crippen LogP contribution < -0.4 is 20.0 Å². The van der Waals surface area contributed by atoms with E-state index in [4.69, 9.17) is 0 Å². The van der Waals surface area contributed by atoms with Crippen molar-refractivity contribution in [1.29, 1.82) is 0 Å². The largest absolute Gasteiger partial charge is 0.790 e. The summed E-state index contributed by atoms with van der Waals surface area (Å²) in [6.07, 6.45) is -4.96. The fourth-order valence-corrected chi connectivity index (χ4v) is 1.70. The molecular weight excluding hydrogens is 356 g/mol. The van der Waals surface area contributed by atoms with Crippen molar-refractivity contribution in [3.8, 4) is 0 Å².